The van der Waals surface area contributed by atoms with Crippen molar-refractivity contribution in [1.29, 1.82) is 0 Å². The van der Waals surface area contributed by atoms with Crippen molar-refractivity contribution in [3.05, 3.63) is 59.7 Å². The Hall–Kier alpha value is -2.33. The highest BCUT2D eigenvalue weighted by Gasteiger charge is 2.07. The molecule has 4 heteroatoms. The quantitative estimate of drug-likeness (QED) is 0.825. The highest BCUT2D eigenvalue weighted by atomic mass is 16.5. The molecule has 0 saturated carbocycles. The highest BCUT2D eigenvalue weighted by Crippen LogP contribution is 2.15. The van der Waals surface area contributed by atoms with Gasteiger partial charge in [0.15, 0.2) is 6.61 Å². The van der Waals surface area contributed by atoms with E-state index in [-0.39, 0.29) is 12.5 Å². The second-order valence-corrected chi connectivity index (χ2v) is 5.09. The van der Waals surface area contributed by atoms with Crippen LogP contribution >= 0.6 is 0 Å². The summed E-state index contributed by atoms with van der Waals surface area (Å²) in [6.07, 6.45) is 0. The minimum absolute atomic E-state index is 0.000998. The predicted octanol–water partition coefficient (Wildman–Crippen LogP) is 3.12. The van der Waals surface area contributed by atoms with Gasteiger partial charge in [0.25, 0.3) is 5.91 Å². The van der Waals surface area contributed by atoms with Gasteiger partial charge in [-0.25, -0.2) is 0 Å². The molecule has 0 fully saturated rings. The second-order valence-electron chi connectivity index (χ2n) is 5.09. The number of aryl methyl sites for hydroxylation is 1. The summed E-state index contributed by atoms with van der Waals surface area (Å²) < 4.78 is 5.51. The van der Waals surface area contributed by atoms with Gasteiger partial charge in [-0.2, -0.15) is 0 Å². The number of rotatable bonds is 7. The van der Waals surface area contributed by atoms with Crippen LogP contribution in [-0.2, 0) is 11.3 Å². The van der Waals surface area contributed by atoms with Crippen molar-refractivity contribution in [2.24, 2.45) is 0 Å². The van der Waals surface area contributed by atoms with Crippen LogP contribution in [0.1, 0.15) is 18.1 Å². The molecular weight excluding hydrogens is 276 g/mol. The normalized spacial score (nSPS) is 10.3. The summed E-state index contributed by atoms with van der Waals surface area (Å²) in [4.78, 5) is 12.0. The van der Waals surface area contributed by atoms with Crippen molar-refractivity contribution in [3.63, 3.8) is 0 Å². The number of ether oxygens (including phenoxy) is 1. The minimum Gasteiger partial charge on any atom is -0.484 e. The monoisotopic (exact) mass is 298 g/mol. The molecule has 1 amide bonds. The molecule has 0 atom stereocenters. The maximum Gasteiger partial charge on any atom is 0.262 e. The van der Waals surface area contributed by atoms with Gasteiger partial charge in [0, 0.05) is 12.2 Å². The first-order valence-electron chi connectivity index (χ1n) is 7.47. The largest absolute Gasteiger partial charge is 0.484 e. The number of carbonyl (C=O) groups excluding carboxylic acids is 1. The van der Waals surface area contributed by atoms with Gasteiger partial charge in [-0.15, -0.1) is 0 Å². The van der Waals surface area contributed by atoms with Crippen molar-refractivity contribution in [2.75, 3.05) is 18.5 Å². The first-order valence-corrected chi connectivity index (χ1v) is 7.47. The van der Waals surface area contributed by atoms with E-state index in [0.29, 0.717) is 5.75 Å². The van der Waals surface area contributed by atoms with E-state index in [0.717, 1.165) is 29.9 Å². The summed E-state index contributed by atoms with van der Waals surface area (Å²) in [6, 6.07) is 15.4. The molecule has 2 rings (SSSR count). The zero-order chi connectivity index (χ0) is 15.8. The fourth-order valence-corrected chi connectivity index (χ4v) is 2.10. The van der Waals surface area contributed by atoms with E-state index in [1.54, 1.807) is 0 Å². The average Bonchev–Trinajstić information content (AvgIpc) is 2.52. The summed E-state index contributed by atoms with van der Waals surface area (Å²) >= 11 is 0. The zero-order valence-corrected chi connectivity index (χ0v) is 13.1. The standard InChI is InChI=1S/C18H22N2O2/c1-3-19-12-15-8-4-5-10-17(15)20-18(21)13-22-16-9-6-7-14(2)11-16/h4-11,19H,3,12-13H2,1-2H3,(H,20,21). The number of para-hydroxylation sites is 1. The molecule has 0 heterocycles. The summed E-state index contributed by atoms with van der Waals surface area (Å²) in [5, 5.41) is 6.16. The molecule has 0 aliphatic rings. The number of nitrogens with one attached hydrogen (secondary N) is 2. The molecule has 22 heavy (non-hydrogen) atoms. The minimum atomic E-state index is -0.162. The molecular formula is C18H22N2O2. The molecule has 0 unspecified atom stereocenters. The second kappa shape index (κ2) is 8.20. The Bertz CT molecular complexity index is 626. The van der Waals surface area contributed by atoms with E-state index < -0.39 is 0 Å². The maximum absolute atomic E-state index is 12.0. The summed E-state index contributed by atoms with van der Waals surface area (Å²) in [7, 11) is 0. The van der Waals surface area contributed by atoms with Gasteiger partial charge < -0.3 is 15.4 Å². The molecule has 0 radical (unpaired) electrons. The summed E-state index contributed by atoms with van der Waals surface area (Å²) in [5.74, 6) is 0.543. The topological polar surface area (TPSA) is 50.4 Å². The lowest BCUT2D eigenvalue weighted by molar-refractivity contribution is -0.118. The van der Waals surface area contributed by atoms with Crippen LogP contribution in [-0.4, -0.2) is 19.1 Å². The van der Waals surface area contributed by atoms with Crippen LogP contribution in [0, 0.1) is 6.92 Å². The third kappa shape index (κ3) is 4.90. The molecule has 4 nitrogen and oxygen atoms in total. The number of benzene rings is 2. The number of hydrogen-bond acceptors (Lipinski definition) is 3. The summed E-state index contributed by atoms with van der Waals surface area (Å²) in [5.41, 5.74) is 2.99. The summed E-state index contributed by atoms with van der Waals surface area (Å²) in [6.45, 7) is 5.66. The number of anilines is 1. The van der Waals surface area contributed by atoms with Gasteiger partial charge >= 0.3 is 0 Å². The van der Waals surface area contributed by atoms with Crippen molar-refractivity contribution >= 4 is 11.6 Å². The van der Waals surface area contributed by atoms with Gasteiger partial charge in [0.1, 0.15) is 5.75 Å². The van der Waals surface area contributed by atoms with Crippen LogP contribution in [0.15, 0.2) is 48.5 Å². The van der Waals surface area contributed by atoms with Gasteiger partial charge in [-0.05, 0) is 42.8 Å². The van der Waals surface area contributed by atoms with Crippen LogP contribution in [0.3, 0.4) is 0 Å². The third-order valence-electron chi connectivity index (χ3n) is 3.22. The first-order chi connectivity index (χ1) is 10.7. The van der Waals surface area contributed by atoms with Crippen LogP contribution in [0.4, 0.5) is 5.69 Å². The molecule has 0 aliphatic carbocycles. The average molecular weight is 298 g/mol. The fraction of sp³-hybridized carbons (Fsp3) is 0.278. The highest BCUT2D eigenvalue weighted by molar-refractivity contribution is 5.92. The lowest BCUT2D eigenvalue weighted by Crippen LogP contribution is -2.22. The van der Waals surface area contributed by atoms with E-state index in [1.807, 2.05) is 55.5 Å². The van der Waals surface area contributed by atoms with E-state index in [1.165, 1.54) is 0 Å². The first kappa shape index (κ1) is 16.0. The Morgan fingerprint density at radius 3 is 2.73 bits per heavy atom. The smallest absolute Gasteiger partial charge is 0.262 e. The van der Waals surface area contributed by atoms with Crippen LogP contribution in [0.25, 0.3) is 0 Å². The molecule has 0 spiro atoms. The SMILES string of the molecule is CCNCc1ccccc1NC(=O)COc1cccc(C)c1. The van der Waals surface area contributed by atoms with Crippen LogP contribution < -0.4 is 15.4 Å². The molecule has 2 aromatic rings. The Kier molecular flexibility index (Phi) is 5.98. The molecule has 2 N–H and O–H groups in total. The van der Waals surface area contributed by atoms with Gasteiger partial charge in [-0.1, -0.05) is 37.3 Å². The fourth-order valence-electron chi connectivity index (χ4n) is 2.10. The van der Waals surface area contributed by atoms with Crippen LogP contribution in [0.5, 0.6) is 5.75 Å². The van der Waals surface area contributed by atoms with Crippen molar-refractivity contribution in [1.82, 2.24) is 5.32 Å². The van der Waals surface area contributed by atoms with Gasteiger partial charge in [0.05, 0.1) is 0 Å². The lowest BCUT2D eigenvalue weighted by Gasteiger charge is -2.12. The van der Waals surface area contributed by atoms with E-state index in [2.05, 4.69) is 17.6 Å². The Labute approximate surface area is 131 Å². The van der Waals surface area contributed by atoms with E-state index in [9.17, 15) is 4.79 Å². The van der Waals surface area contributed by atoms with Crippen molar-refractivity contribution in [2.45, 2.75) is 20.4 Å². The Balaban J connectivity index is 1.92. The van der Waals surface area contributed by atoms with Crippen molar-refractivity contribution in [3.8, 4) is 5.75 Å². The van der Waals surface area contributed by atoms with Gasteiger partial charge in [-0.3, -0.25) is 4.79 Å². The number of hydrogen-bond donors (Lipinski definition) is 2. The Morgan fingerprint density at radius 2 is 1.95 bits per heavy atom. The predicted molar refractivity (Wildman–Crippen MR) is 89.1 cm³/mol. The molecule has 0 bridgehead atoms. The molecule has 2 aromatic carbocycles. The molecule has 0 saturated heterocycles. The van der Waals surface area contributed by atoms with Gasteiger partial charge in [0.2, 0.25) is 0 Å². The molecule has 116 valence electrons. The lowest BCUT2D eigenvalue weighted by atomic mass is 10.1. The van der Waals surface area contributed by atoms with Crippen LogP contribution in [0.2, 0.25) is 0 Å². The number of carbonyl (C=O) groups is 1. The Morgan fingerprint density at radius 1 is 1.14 bits per heavy atom. The van der Waals surface area contributed by atoms with Crippen molar-refractivity contribution < 1.29 is 9.53 Å². The zero-order valence-electron chi connectivity index (χ0n) is 13.1. The molecule has 0 aliphatic heterocycles. The maximum atomic E-state index is 12.0. The van der Waals surface area contributed by atoms with E-state index >= 15 is 0 Å². The number of amides is 1. The third-order valence-corrected chi connectivity index (χ3v) is 3.22. The molecule has 0 aromatic heterocycles. The van der Waals surface area contributed by atoms with E-state index in [4.69, 9.17) is 4.74 Å².